The molecule has 0 atom stereocenters. The molecule has 0 spiro atoms. The van der Waals surface area contributed by atoms with Gasteiger partial charge < -0.3 is 9.88 Å². The zero-order valence-corrected chi connectivity index (χ0v) is 15.7. The zero-order chi connectivity index (χ0) is 19.4. The molecule has 0 radical (unpaired) electrons. The number of halogens is 2. The highest BCUT2D eigenvalue weighted by Gasteiger charge is 2.13. The fourth-order valence-electron chi connectivity index (χ4n) is 2.30. The minimum atomic E-state index is -0.324. The van der Waals surface area contributed by atoms with E-state index in [0.717, 1.165) is 5.56 Å². The second-order valence-corrected chi connectivity index (χ2v) is 6.87. The predicted molar refractivity (Wildman–Crippen MR) is 102 cm³/mol. The number of hydrogen-bond donors (Lipinski definition) is 1. The van der Waals surface area contributed by atoms with E-state index in [4.69, 9.17) is 16.9 Å². The minimum Gasteiger partial charge on any atom is -0.325 e. The Morgan fingerprint density at radius 2 is 2.04 bits per heavy atom. The highest BCUT2D eigenvalue weighted by Crippen LogP contribution is 2.24. The Labute approximate surface area is 164 Å². The first-order valence-corrected chi connectivity index (χ1v) is 9.12. The molecule has 1 amide bonds. The summed E-state index contributed by atoms with van der Waals surface area (Å²) in [6.45, 7) is 0. The van der Waals surface area contributed by atoms with Gasteiger partial charge in [0.1, 0.15) is 11.9 Å². The van der Waals surface area contributed by atoms with Gasteiger partial charge in [0.2, 0.25) is 5.91 Å². The summed E-state index contributed by atoms with van der Waals surface area (Å²) in [4.78, 5) is 12.1. The lowest BCUT2D eigenvalue weighted by Gasteiger charge is -2.06. The topological polar surface area (TPSA) is 83.6 Å². The Hall–Kier alpha value is -2.89. The van der Waals surface area contributed by atoms with Crippen LogP contribution in [0.2, 0.25) is 5.02 Å². The Kier molecular flexibility index (Phi) is 5.74. The molecule has 136 valence electrons. The van der Waals surface area contributed by atoms with Crippen molar-refractivity contribution >= 4 is 35.0 Å². The number of benzene rings is 2. The summed E-state index contributed by atoms with van der Waals surface area (Å²) >= 11 is 7.18. The molecule has 0 fully saturated rings. The molecule has 9 heteroatoms. The quantitative estimate of drug-likeness (QED) is 0.656. The van der Waals surface area contributed by atoms with Crippen molar-refractivity contribution in [3.8, 4) is 17.5 Å². The van der Waals surface area contributed by atoms with Gasteiger partial charge in [-0.1, -0.05) is 23.4 Å². The van der Waals surface area contributed by atoms with Crippen LogP contribution in [0, 0.1) is 17.1 Å². The first-order valence-electron chi connectivity index (χ1n) is 7.75. The number of rotatable bonds is 5. The van der Waals surface area contributed by atoms with Crippen LogP contribution in [0.1, 0.15) is 5.56 Å². The van der Waals surface area contributed by atoms with Gasteiger partial charge in [0.25, 0.3) is 0 Å². The van der Waals surface area contributed by atoms with Crippen LogP contribution in [0.5, 0.6) is 0 Å². The number of carbonyl (C=O) groups excluding carboxylic acids is 1. The smallest absolute Gasteiger partial charge is 0.234 e. The first-order chi connectivity index (χ1) is 13.0. The standard InChI is InChI=1S/C18H13ClFN5OS/c1-25-17(11-2-5-13(20)6-3-11)23-24-18(25)27-10-16(26)22-14-7-4-12(9-21)15(19)8-14/h2-8H,10H2,1H3,(H,22,26). The summed E-state index contributed by atoms with van der Waals surface area (Å²) < 4.78 is 14.8. The number of nitrogens with one attached hydrogen (secondary N) is 1. The summed E-state index contributed by atoms with van der Waals surface area (Å²) in [7, 11) is 1.78. The summed E-state index contributed by atoms with van der Waals surface area (Å²) in [6.07, 6.45) is 0. The van der Waals surface area contributed by atoms with Crippen LogP contribution in [0.25, 0.3) is 11.4 Å². The third-order valence-electron chi connectivity index (χ3n) is 3.64. The lowest BCUT2D eigenvalue weighted by Crippen LogP contribution is -2.14. The van der Waals surface area contributed by atoms with E-state index in [1.165, 1.54) is 30.0 Å². The molecule has 0 bridgehead atoms. The van der Waals surface area contributed by atoms with Crippen molar-refractivity contribution in [3.63, 3.8) is 0 Å². The predicted octanol–water partition coefficient (Wildman–Crippen LogP) is 3.88. The van der Waals surface area contributed by atoms with E-state index in [1.54, 1.807) is 35.9 Å². The highest BCUT2D eigenvalue weighted by molar-refractivity contribution is 7.99. The Bertz CT molecular complexity index is 1030. The Morgan fingerprint density at radius 1 is 1.30 bits per heavy atom. The molecule has 3 aromatic rings. The maximum atomic E-state index is 13.0. The number of aromatic nitrogens is 3. The fraction of sp³-hybridized carbons (Fsp3) is 0.111. The fourth-order valence-corrected chi connectivity index (χ4v) is 3.24. The molecule has 1 aromatic heterocycles. The summed E-state index contributed by atoms with van der Waals surface area (Å²) in [5, 5.41) is 20.6. The number of anilines is 1. The first kappa shape index (κ1) is 18.9. The molecule has 0 unspecified atom stereocenters. The average Bonchev–Trinajstić information content (AvgIpc) is 3.01. The monoisotopic (exact) mass is 401 g/mol. The second-order valence-electron chi connectivity index (χ2n) is 5.52. The maximum Gasteiger partial charge on any atom is 0.234 e. The van der Waals surface area contributed by atoms with Crippen LogP contribution < -0.4 is 5.32 Å². The number of carbonyl (C=O) groups is 1. The Balaban J connectivity index is 1.63. The van der Waals surface area contributed by atoms with E-state index in [-0.39, 0.29) is 22.5 Å². The van der Waals surface area contributed by atoms with E-state index in [1.807, 2.05) is 6.07 Å². The largest absolute Gasteiger partial charge is 0.325 e. The molecule has 0 aliphatic heterocycles. The Morgan fingerprint density at radius 3 is 2.70 bits per heavy atom. The van der Waals surface area contributed by atoms with Gasteiger partial charge in [0.15, 0.2) is 11.0 Å². The number of amides is 1. The summed E-state index contributed by atoms with van der Waals surface area (Å²) in [6, 6.07) is 12.6. The third-order valence-corrected chi connectivity index (χ3v) is 4.98. The SMILES string of the molecule is Cn1c(SCC(=O)Nc2ccc(C#N)c(Cl)c2)nnc1-c1ccc(F)cc1. The molecule has 0 aliphatic carbocycles. The number of nitriles is 1. The molecule has 0 saturated heterocycles. The lowest BCUT2D eigenvalue weighted by molar-refractivity contribution is -0.113. The number of nitrogens with zero attached hydrogens (tertiary/aromatic N) is 4. The van der Waals surface area contributed by atoms with Crippen molar-refractivity contribution < 1.29 is 9.18 Å². The van der Waals surface area contributed by atoms with Crippen LogP contribution in [-0.4, -0.2) is 26.4 Å². The molecule has 27 heavy (non-hydrogen) atoms. The normalized spacial score (nSPS) is 10.4. The van der Waals surface area contributed by atoms with Gasteiger partial charge >= 0.3 is 0 Å². The van der Waals surface area contributed by atoms with Gasteiger partial charge in [-0.05, 0) is 42.5 Å². The summed E-state index contributed by atoms with van der Waals surface area (Å²) in [5.41, 5.74) is 1.58. The van der Waals surface area contributed by atoms with Crippen molar-refractivity contribution in [2.45, 2.75) is 5.16 Å². The van der Waals surface area contributed by atoms with E-state index in [0.29, 0.717) is 22.2 Å². The van der Waals surface area contributed by atoms with Gasteiger partial charge in [-0.3, -0.25) is 4.79 Å². The summed E-state index contributed by atoms with van der Waals surface area (Å²) in [5.74, 6) is 0.131. The molecule has 2 aromatic carbocycles. The van der Waals surface area contributed by atoms with Gasteiger partial charge in [0.05, 0.1) is 16.3 Å². The molecular weight excluding hydrogens is 389 g/mol. The second kappa shape index (κ2) is 8.20. The molecule has 0 aliphatic rings. The molecule has 1 heterocycles. The molecule has 1 N–H and O–H groups in total. The molecule has 3 rings (SSSR count). The van der Waals surface area contributed by atoms with Crippen LogP contribution in [0.3, 0.4) is 0 Å². The van der Waals surface area contributed by atoms with Crippen molar-refractivity contribution in [2.24, 2.45) is 7.05 Å². The van der Waals surface area contributed by atoms with E-state index < -0.39 is 0 Å². The van der Waals surface area contributed by atoms with Gasteiger partial charge in [-0.2, -0.15) is 5.26 Å². The minimum absolute atomic E-state index is 0.118. The average molecular weight is 402 g/mol. The van der Waals surface area contributed by atoms with Crippen molar-refractivity contribution in [1.29, 1.82) is 5.26 Å². The van der Waals surface area contributed by atoms with Gasteiger partial charge in [-0.25, -0.2) is 4.39 Å². The van der Waals surface area contributed by atoms with Crippen molar-refractivity contribution in [3.05, 3.63) is 58.9 Å². The third kappa shape index (κ3) is 4.45. The van der Waals surface area contributed by atoms with Gasteiger partial charge in [-0.15, -0.1) is 10.2 Å². The van der Waals surface area contributed by atoms with Crippen LogP contribution in [0.4, 0.5) is 10.1 Å². The number of hydrogen-bond acceptors (Lipinski definition) is 5. The van der Waals surface area contributed by atoms with Crippen LogP contribution >= 0.6 is 23.4 Å². The zero-order valence-electron chi connectivity index (χ0n) is 14.1. The maximum absolute atomic E-state index is 13.0. The highest BCUT2D eigenvalue weighted by atomic mass is 35.5. The van der Waals surface area contributed by atoms with Crippen molar-refractivity contribution in [2.75, 3.05) is 11.1 Å². The molecule has 0 saturated carbocycles. The van der Waals surface area contributed by atoms with E-state index in [9.17, 15) is 9.18 Å². The van der Waals surface area contributed by atoms with Crippen LogP contribution in [0.15, 0.2) is 47.6 Å². The van der Waals surface area contributed by atoms with E-state index in [2.05, 4.69) is 15.5 Å². The van der Waals surface area contributed by atoms with Crippen molar-refractivity contribution in [1.82, 2.24) is 14.8 Å². The molecule has 6 nitrogen and oxygen atoms in total. The molecular formula is C18H13ClFN5OS. The van der Waals surface area contributed by atoms with Gasteiger partial charge in [0, 0.05) is 18.3 Å². The number of thioether (sulfide) groups is 1. The lowest BCUT2D eigenvalue weighted by atomic mass is 10.2. The van der Waals surface area contributed by atoms with Crippen LogP contribution in [-0.2, 0) is 11.8 Å². The van der Waals surface area contributed by atoms with E-state index >= 15 is 0 Å².